The van der Waals surface area contributed by atoms with Crippen LogP contribution in [0.25, 0.3) is 0 Å². The number of carbonyl (C=O) groups excluding carboxylic acids is 7. The van der Waals surface area contributed by atoms with Crippen LogP contribution in [0.15, 0.2) is 4.99 Å². The van der Waals surface area contributed by atoms with Crippen molar-refractivity contribution in [2.45, 2.75) is 109 Å². The zero-order valence-corrected chi connectivity index (χ0v) is 31.0. The third kappa shape index (κ3) is 16.4. The van der Waals surface area contributed by atoms with Gasteiger partial charge >= 0.3 is 11.9 Å². The predicted octanol–water partition coefficient (Wildman–Crippen LogP) is -4.45. The van der Waals surface area contributed by atoms with E-state index in [4.69, 9.17) is 28.0 Å². The van der Waals surface area contributed by atoms with Gasteiger partial charge in [-0.05, 0) is 43.9 Å². The third-order valence-corrected chi connectivity index (χ3v) is 8.18. The molecule has 54 heavy (non-hydrogen) atoms. The Labute approximate surface area is 312 Å². The summed E-state index contributed by atoms with van der Waals surface area (Å²) < 4.78 is 0. The molecule has 0 aromatic rings. The summed E-state index contributed by atoms with van der Waals surface area (Å²) in [5.41, 5.74) is 21.6. The lowest BCUT2D eigenvalue weighted by molar-refractivity contribution is -0.144. The van der Waals surface area contributed by atoms with Crippen molar-refractivity contribution in [1.82, 2.24) is 31.5 Å². The number of carboxylic acid groups (broad SMARTS) is 2. The second-order valence-corrected chi connectivity index (χ2v) is 13.7. The first-order valence-corrected chi connectivity index (χ1v) is 17.5. The zero-order valence-electron chi connectivity index (χ0n) is 31.0. The van der Waals surface area contributed by atoms with Gasteiger partial charge in [-0.25, -0.2) is 4.79 Å². The number of nitrogens with one attached hydrogen (secondary N) is 5. The van der Waals surface area contributed by atoms with Crippen LogP contribution < -0.4 is 49.5 Å². The van der Waals surface area contributed by atoms with Crippen LogP contribution in [-0.4, -0.2) is 130 Å². The predicted molar refractivity (Wildman–Crippen MR) is 191 cm³/mol. The summed E-state index contributed by atoms with van der Waals surface area (Å²) in [5, 5.41) is 30.6. The molecular formula is C32H55N11O11. The fourth-order valence-electron chi connectivity index (χ4n) is 5.52. The standard InChI is InChI=1S/C32H55N11O11/c1-15(2)11-19(27(49)42-25(16(3)4)29(51)40-18(31(53)54)7-5-9-37-32(35)36)41-26(48)20(13-22(34)44)39-23(45)14-38-28(50)21-8-6-10-43(21)30(52)17(33)12-24(46)47/h15-21,25H,5-14,33H2,1-4H3,(H2,34,44)(H,38,50)(H,39,45)(H,40,51)(H,41,48)(H,42,49)(H,46,47)(H,53,54)(H4,35,36,37)/t17-,18-,19-,20-,21-,25-/m0/s1. The normalized spacial score (nSPS) is 16.6. The molecule has 0 aliphatic carbocycles. The number of nitrogens with two attached hydrogens (primary N) is 4. The van der Waals surface area contributed by atoms with Crippen LogP contribution in [0.3, 0.4) is 0 Å². The summed E-state index contributed by atoms with van der Waals surface area (Å²) in [5.74, 6) is -9.45. The molecule has 0 saturated carbocycles. The Bertz CT molecular complexity index is 1420. The van der Waals surface area contributed by atoms with Crippen molar-refractivity contribution in [3.05, 3.63) is 0 Å². The van der Waals surface area contributed by atoms with Crippen LogP contribution >= 0.6 is 0 Å². The molecule has 1 aliphatic heterocycles. The minimum absolute atomic E-state index is 0.0126. The SMILES string of the molecule is CC(C)C[C@H](NC(=O)[C@H](CC(N)=O)NC(=O)CNC(=O)[C@@H]1CCCN1C(=O)[C@@H](N)CC(=O)O)C(=O)N[C@H](C(=O)N[C@@H](CCCN=C(N)N)C(=O)O)C(C)C. The number of aliphatic carboxylic acids is 2. The highest BCUT2D eigenvalue weighted by Gasteiger charge is 2.37. The molecule has 1 saturated heterocycles. The molecule has 1 fully saturated rings. The number of carbonyl (C=O) groups is 9. The largest absolute Gasteiger partial charge is 0.481 e. The van der Waals surface area contributed by atoms with Crippen LogP contribution in [0.4, 0.5) is 0 Å². The van der Waals surface area contributed by atoms with Crippen LogP contribution in [-0.2, 0) is 43.2 Å². The van der Waals surface area contributed by atoms with E-state index >= 15 is 0 Å². The lowest BCUT2D eigenvalue weighted by Crippen LogP contribution is -2.59. The molecular weight excluding hydrogens is 714 g/mol. The zero-order chi connectivity index (χ0) is 41.3. The Morgan fingerprint density at radius 1 is 0.815 bits per heavy atom. The smallest absolute Gasteiger partial charge is 0.326 e. The molecule has 0 aromatic heterocycles. The number of nitrogens with zero attached hydrogens (tertiary/aromatic N) is 2. The summed E-state index contributed by atoms with van der Waals surface area (Å²) in [6.45, 7) is 6.32. The fraction of sp³-hybridized carbons (Fsp3) is 0.688. The Morgan fingerprint density at radius 2 is 1.43 bits per heavy atom. The molecule has 7 amide bonds. The highest BCUT2D eigenvalue weighted by atomic mass is 16.4. The monoisotopic (exact) mass is 769 g/mol. The Kier molecular flexibility index (Phi) is 19.4. The van der Waals surface area contributed by atoms with E-state index in [1.165, 1.54) is 0 Å². The van der Waals surface area contributed by atoms with Gasteiger partial charge in [0.15, 0.2) is 5.96 Å². The van der Waals surface area contributed by atoms with Crippen LogP contribution in [0.2, 0.25) is 0 Å². The minimum atomic E-state index is -1.59. The van der Waals surface area contributed by atoms with Gasteiger partial charge in [0.2, 0.25) is 41.4 Å². The number of likely N-dealkylation sites (tertiary alicyclic amines) is 1. The molecule has 304 valence electrons. The highest BCUT2D eigenvalue weighted by molar-refractivity contribution is 5.98. The number of rotatable bonds is 23. The number of primary amides is 1. The number of aliphatic imine (C=N–C) groups is 1. The van der Waals surface area contributed by atoms with E-state index in [1.54, 1.807) is 27.7 Å². The minimum Gasteiger partial charge on any atom is -0.481 e. The van der Waals surface area contributed by atoms with Gasteiger partial charge in [0, 0.05) is 13.1 Å². The summed E-state index contributed by atoms with van der Waals surface area (Å²) >= 11 is 0. The van der Waals surface area contributed by atoms with Gasteiger partial charge in [-0.2, -0.15) is 0 Å². The van der Waals surface area contributed by atoms with Crippen molar-refractivity contribution in [3.8, 4) is 0 Å². The molecule has 6 atom stereocenters. The maximum absolute atomic E-state index is 13.5. The molecule has 0 bridgehead atoms. The Hall–Kier alpha value is -5.54. The van der Waals surface area contributed by atoms with Crippen LogP contribution in [0.5, 0.6) is 0 Å². The van der Waals surface area contributed by atoms with Crippen molar-refractivity contribution in [2.75, 3.05) is 19.6 Å². The Balaban J connectivity index is 3.01. The van der Waals surface area contributed by atoms with Crippen molar-refractivity contribution >= 4 is 59.2 Å². The second kappa shape index (κ2) is 22.5. The molecule has 15 N–H and O–H groups in total. The van der Waals surface area contributed by atoms with E-state index in [2.05, 4.69) is 31.6 Å². The van der Waals surface area contributed by atoms with Gasteiger partial charge in [0.1, 0.15) is 30.2 Å². The molecule has 1 rings (SSSR count). The quantitative estimate of drug-likeness (QED) is 0.0265. The van der Waals surface area contributed by atoms with Gasteiger partial charge in [-0.3, -0.25) is 43.3 Å². The van der Waals surface area contributed by atoms with Gasteiger partial charge in [-0.1, -0.05) is 27.7 Å². The van der Waals surface area contributed by atoms with E-state index in [1.807, 2.05) is 0 Å². The average Bonchev–Trinajstić information content (AvgIpc) is 3.55. The first-order valence-electron chi connectivity index (χ1n) is 17.5. The number of hydrogen-bond donors (Lipinski definition) is 11. The third-order valence-electron chi connectivity index (χ3n) is 8.18. The highest BCUT2D eigenvalue weighted by Crippen LogP contribution is 2.19. The fourth-order valence-corrected chi connectivity index (χ4v) is 5.52. The molecule has 22 nitrogen and oxygen atoms in total. The van der Waals surface area contributed by atoms with Crippen molar-refractivity contribution in [2.24, 2.45) is 39.8 Å². The topological polar surface area (TPSA) is 374 Å². The first-order chi connectivity index (χ1) is 25.1. The summed E-state index contributed by atoms with van der Waals surface area (Å²) in [7, 11) is 0. The van der Waals surface area contributed by atoms with E-state index in [0.717, 1.165) is 4.90 Å². The molecule has 0 spiro atoms. The van der Waals surface area contributed by atoms with Crippen LogP contribution in [0.1, 0.15) is 72.6 Å². The van der Waals surface area contributed by atoms with E-state index in [0.29, 0.717) is 6.42 Å². The van der Waals surface area contributed by atoms with Gasteiger partial charge < -0.3 is 64.6 Å². The molecule has 0 radical (unpaired) electrons. The van der Waals surface area contributed by atoms with Crippen molar-refractivity contribution in [3.63, 3.8) is 0 Å². The van der Waals surface area contributed by atoms with Crippen LogP contribution in [0, 0.1) is 11.8 Å². The molecule has 1 aliphatic rings. The average molecular weight is 770 g/mol. The first kappa shape index (κ1) is 46.5. The van der Waals surface area contributed by atoms with Gasteiger partial charge in [0.25, 0.3) is 0 Å². The molecule has 0 aromatic carbocycles. The number of guanidine groups is 1. The Morgan fingerprint density at radius 3 is 1.96 bits per heavy atom. The second-order valence-electron chi connectivity index (χ2n) is 13.7. The van der Waals surface area contributed by atoms with Gasteiger partial charge in [0.05, 0.1) is 25.4 Å². The molecule has 1 heterocycles. The lowest BCUT2D eigenvalue weighted by atomic mass is 9.99. The summed E-state index contributed by atoms with van der Waals surface area (Å²) in [6, 6.07) is -7.81. The van der Waals surface area contributed by atoms with Crippen molar-refractivity contribution < 1.29 is 53.4 Å². The van der Waals surface area contributed by atoms with E-state index in [-0.39, 0.29) is 50.7 Å². The van der Waals surface area contributed by atoms with E-state index in [9.17, 15) is 48.3 Å². The maximum Gasteiger partial charge on any atom is 0.326 e. The number of amides is 7. The lowest BCUT2D eigenvalue weighted by Gasteiger charge is -2.28. The van der Waals surface area contributed by atoms with E-state index < -0.39 is 115 Å². The van der Waals surface area contributed by atoms with Crippen molar-refractivity contribution in [1.29, 1.82) is 0 Å². The van der Waals surface area contributed by atoms with Gasteiger partial charge in [-0.15, -0.1) is 0 Å². The molecule has 22 heteroatoms. The molecule has 0 unspecified atom stereocenters. The maximum atomic E-state index is 13.5. The summed E-state index contributed by atoms with van der Waals surface area (Å²) in [6.07, 6.45) is -0.407. The number of hydrogen-bond acceptors (Lipinski definition) is 11. The summed E-state index contributed by atoms with van der Waals surface area (Å²) in [4.78, 5) is 118. The number of carboxylic acids is 2.